The molecule has 0 spiro atoms. The van der Waals surface area contributed by atoms with Crippen LogP contribution in [0.2, 0.25) is 0 Å². The monoisotopic (exact) mass is 582 g/mol. The first-order valence-corrected chi connectivity index (χ1v) is 14.6. The van der Waals surface area contributed by atoms with Gasteiger partial charge in [0.05, 0.1) is 6.42 Å². The van der Waals surface area contributed by atoms with Gasteiger partial charge in [-0.05, 0) is 63.4 Å². The molecule has 0 heterocycles. The summed E-state index contributed by atoms with van der Waals surface area (Å²) in [4.78, 5) is 54.2. The summed E-state index contributed by atoms with van der Waals surface area (Å²) >= 11 is 0. The van der Waals surface area contributed by atoms with E-state index in [-0.39, 0.29) is 12.3 Å². The molecule has 0 bridgehead atoms. The number of benzene rings is 2. The van der Waals surface area contributed by atoms with Gasteiger partial charge in [-0.15, -0.1) is 0 Å². The molecule has 0 fully saturated rings. The van der Waals surface area contributed by atoms with Crippen LogP contribution in [0.4, 0.5) is 10.5 Å². The van der Waals surface area contributed by atoms with E-state index in [0.717, 1.165) is 37.7 Å². The molecule has 5 N–H and O–H groups in total. The zero-order chi connectivity index (χ0) is 31.3. The van der Waals surface area contributed by atoms with Crippen LogP contribution in [0.1, 0.15) is 89.8 Å². The van der Waals surface area contributed by atoms with Crippen molar-refractivity contribution in [3.63, 3.8) is 0 Å². The van der Waals surface area contributed by atoms with Crippen molar-refractivity contribution in [1.82, 2.24) is 10.2 Å². The molecule has 0 aliphatic carbocycles. The van der Waals surface area contributed by atoms with Crippen LogP contribution in [0.5, 0.6) is 5.75 Å². The quantitative estimate of drug-likeness (QED) is 0.208. The maximum atomic E-state index is 14.2. The van der Waals surface area contributed by atoms with Crippen molar-refractivity contribution in [2.24, 2.45) is 5.73 Å². The highest BCUT2D eigenvalue weighted by Gasteiger charge is 2.37. The average molecular weight is 583 g/mol. The van der Waals surface area contributed by atoms with Crippen LogP contribution in [-0.2, 0) is 19.1 Å². The van der Waals surface area contributed by atoms with Crippen molar-refractivity contribution in [1.29, 1.82) is 0 Å². The van der Waals surface area contributed by atoms with Crippen molar-refractivity contribution >= 4 is 29.5 Å². The number of unbranched alkanes of at least 4 members (excludes halogenated alkanes) is 5. The van der Waals surface area contributed by atoms with E-state index in [1.165, 1.54) is 17.0 Å². The van der Waals surface area contributed by atoms with Gasteiger partial charge in [-0.2, -0.15) is 0 Å². The smallest absolute Gasteiger partial charge is 0.408 e. The second-order valence-corrected chi connectivity index (χ2v) is 11.5. The molecule has 2 aromatic carbocycles. The van der Waals surface area contributed by atoms with Crippen LogP contribution in [0.25, 0.3) is 0 Å². The number of ether oxygens (including phenoxy) is 1. The molecule has 230 valence electrons. The number of para-hydroxylation sites is 1. The van der Waals surface area contributed by atoms with Crippen LogP contribution < -0.4 is 16.4 Å². The van der Waals surface area contributed by atoms with Gasteiger partial charge in [0.15, 0.2) is 0 Å². The van der Waals surface area contributed by atoms with Gasteiger partial charge < -0.3 is 31.1 Å². The molecule has 10 heteroatoms. The topological polar surface area (TPSA) is 151 Å². The second-order valence-electron chi connectivity index (χ2n) is 11.5. The summed E-state index contributed by atoms with van der Waals surface area (Å²) in [6, 6.07) is 10.8. The molecule has 0 aromatic heterocycles. The van der Waals surface area contributed by atoms with Gasteiger partial charge in [-0.25, -0.2) is 4.79 Å². The number of primary amides is 1. The van der Waals surface area contributed by atoms with Gasteiger partial charge in [0.1, 0.15) is 23.4 Å². The highest BCUT2D eigenvalue weighted by Crippen LogP contribution is 2.28. The lowest BCUT2D eigenvalue weighted by molar-refractivity contribution is -0.142. The third-order valence-corrected chi connectivity index (χ3v) is 6.58. The third-order valence-electron chi connectivity index (χ3n) is 6.58. The Bertz CT molecular complexity index is 1210. The maximum absolute atomic E-state index is 14.2. The van der Waals surface area contributed by atoms with Crippen LogP contribution in [0.15, 0.2) is 48.5 Å². The zero-order valence-electron chi connectivity index (χ0n) is 25.4. The van der Waals surface area contributed by atoms with E-state index in [1.807, 2.05) is 19.1 Å². The fraction of sp³-hybridized carbons (Fsp3) is 0.500. The van der Waals surface area contributed by atoms with Gasteiger partial charge >= 0.3 is 6.09 Å². The Hall–Kier alpha value is -4.08. The van der Waals surface area contributed by atoms with E-state index in [0.29, 0.717) is 17.7 Å². The number of carbonyl (C=O) groups is 4. The number of amides is 4. The molecule has 0 aliphatic heterocycles. The maximum Gasteiger partial charge on any atom is 0.408 e. The largest absolute Gasteiger partial charge is 0.508 e. The number of phenolic OH excluding ortho intramolecular Hbond substituents is 1. The highest BCUT2D eigenvalue weighted by molar-refractivity contribution is 6.00. The van der Waals surface area contributed by atoms with Gasteiger partial charge in [-0.3, -0.25) is 14.4 Å². The Morgan fingerprint density at radius 3 is 2.26 bits per heavy atom. The molecule has 2 aromatic rings. The van der Waals surface area contributed by atoms with Crippen LogP contribution >= 0.6 is 0 Å². The Labute approximate surface area is 249 Å². The van der Waals surface area contributed by atoms with Crippen molar-refractivity contribution in [2.45, 2.75) is 97.2 Å². The number of hydrogen-bond donors (Lipinski definition) is 4. The van der Waals surface area contributed by atoms with Crippen molar-refractivity contribution in [2.75, 3.05) is 11.9 Å². The van der Waals surface area contributed by atoms with E-state index < -0.39 is 47.9 Å². The first-order chi connectivity index (χ1) is 19.8. The van der Waals surface area contributed by atoms with Crippen LogP contribution in [0, 0.1) is 6.92 Å². The van der Waals surface area contributed by atoms with Gasteiger partial charge in [0.25, 0.3) is 5.91 Å². The first-order valence-electron chi connectivity index (χ1n) is 14.6. The molecule has 2 atom stereocenters. The number of carbonyl (C=O) groups excluding carboxylic acids is 4. The SMILES string of the molecule is CCCCCCCCN(C(=O)C(CC(N)=O)NC(=O)OC(C)(C)C)C(C(=O)Nc1ccccc1C)c1cccc(O)c1. The minimum Gasteiger partial charge on any atom is -0.508 e. The fourth-order valence-electron chi connectivity index (χ4n) is 4.56. The molecule has 0 saturated carbocycles. The number of aryl methyl sites for hydroxylation is 1. The summed E-state index contributed by atoms with van der Waals surface area (Å²) in [5, 5.41) is 15.7. The molecule has 2 rings (SSSR count). The molecule has 42 heavy (non-hydrogen) atoms. The van der Waals surface area contributed by atoms with E-state index in [2.05, 4.69) is 17.6 Å². The number of rotatable bonds is 15. The number of aromatic hydroxyl groups is 1. The number of phenols is 1. The molecular weight excluding hydrogens is 536 g/mol. The molecule has 0 radical (unpaired) electrons. The summed E-state index contributed by atoms with van der Waals surface area (Å²) in [7, 11) is 0. The van der Waals surface area contributed by atoms with Crippen LogP contribution in [0.3, 0.4) is 0 Å². The lowest BCUT2D eigenvalue weighted by Crippen LogP contribution is -2.53. The Balaban J connectivity index is 2.52. The number of nitrogens with zero attached hydrogens (tertiary/aromatic N) is 1. The minimum absolute atomic E-state index is 0.0753. The number of anilines is 1. The molecule has 0 aliphatic rings. The number of hydrogen-bond acceptors (Lipinski definition) is 6. The van der Waals surface area contributed by atoms with Crippen molar-refractivity contribution in [3.05, 3.63) is 59.7 Å². The van der Waals surface area contributed by atoms with E-state index in [1.54, 1.807) is 45.0 Å². The summed E-state index contributed by atoms with van der Waals surface area (Å²) < 4.78 is 5.33. The molecule has 10 nitrogen and oxygen atoms in total. The number of nitrogens with two attached hydrogens (primary N) is 1. The molecule has 4 amide bonds. The fourth-order valence-corrected chi connectivity index (χ4v) is 4.56. The number of alkyl carbamates (subject to hydrolysis) is 1. The normalized spacial score (nSPS) is 12.6. The van der Waals surface area contributed by atoms with Gasteiger partial charge in [0, 0.05) is 12.2 Å². The summed E-state index contributed by atoms with van der Waals surface area (Å²) in [6.45, 7) is 9.18. The Kier molecular flexibility index (Phi) is 13.3. The Morgan fingerprint density at radius 1 is 0.976 bits per heavy atom. The lowest BCUT2D eigenvalue weighted by atomic mass is 10.0. The summed E-state index contributed by atoms with van der Waals surface area (Å²) in [6.07, 6.45) is 4.23. The third kappa shape index (κ3) is 11.4. The summed E-state index contributed by atoms with van der Waals surface area (Å²) in [5.41, 5.74) is 6.39. The van der Waals surface area contributed by atoms with E-state index in [4.69, 9.17) is 10.5 Å². The molecule has 2 unspecified atom stereocenters. The lowest BCUT2D eigenvalue weighted by Gasteiger charge is -2.34. The second kappa shape index (κ2) is 16.4. The van der Waals surface area contributed by atoms with Gasteiger partial charge in [0.2, 0.25) is 11.8 Å². The van der Waals surface area contributed by atoms with Gasteiger partial charge in [-0.1, -0.05) is 69.4 Å². The first kappa shape index (κ1) is 34.1. The zero-order valence-corrected chi connectivity index (χ0v) is 25.4. The Morgan fingerprint density at radius 2 is 1.64 bits per heavy atom. The van der Waals surface area contributed by atoms with E-state index in [9.17, 15) is 24.3 Å². The standard InChI is InChI=1S/C32H46N4O6/c1-6-7-8-9-10-13-19-36(30(40)26(21-27(33)38)35-31(41)42-32(3,4)5)28(23-16-14-17-24(37)20-23)29(39)34-25-18-12-11-15-22(25)2/h11-12,14-18,20,26,28,37H,6-10,13,19,21H2,1-5H3,(H2,33,38)(H,34,39)(H,35,41). The highest BCUT2D eigenvalue weighted by atomic mass is 16.6. The van der Waals surface area contributed by atoms with Crippen molar-refractivity contribution < 1.29 is 29.0 Å². The predicted molar refractivity (Wildman–Crippen MR) is 163 cm³/mol. The minimum atomic E-state index is -1.37. The van der Waals surface area contributed by atoms with Crippen molar-refractivity contribution in [3.8, 4) is 5.75 Å². The molecular formula is C32H46N4O6. The van der Waals surface area contributed by atoms with E-state index >= 15 is 0 Å². The summed E-state index contributed by atoms with van der Waals surface area (Å²) in [5.74, 6) is -2.05. The number of nitrogens with one attached hydrogen (secondary N) is 2. The predicted octanol–water partition coefficient (Wildman–Crippen LogP) is 5.34. The molecule has 0 saturated heterocycles. The van der Waals surface area contributed by atoms with Crippen LogP contribution in [-0.4, -0.2) is 52.0 Å². The average Bonchev–Trinajstić information content (AvgIpc) is 2.89.